The first kappa shape index (κ1) is 30.0. The van der Waals surface area contributed by atoms with Gasteiger partial charge < -0.3 is 38.8 Å². The van der Waals surface area contributed by atoms with Gasteiger partial charge in [0.05, 0.1) is 71.0 Å². The zero-order chi connectivity index (χ0) is 24.7. The molecule has 1 aromatic carbocycles. The maximum absolute atomic E-state index is 12.5. The van der Waals surface area contributed by atoms with Crippen molar-refractivity contribution in [2.75, 3.05) is 66.1 Å². The Balaban J connectivity index is 0.000000258. The number of rotatable bonds is 3. The number of nitrogens with zero attached hydrogens (tertiary/aromatic N) is 1. The van der Waals surface area contributed by atoms with E-state index in [0.717, 1.165) is 0 Å². The predicted molar refractivity (Wildman–Crippen MR) is 126 cm³/mol. The maximum atomic E-state index is 12.5. The molecule has 4 rings (SSSR count). The molecular formula is C24H30N3NaO8. The molecule has 1 saturated heterocycles. The second-order valence-electron chi connectivity index (χ2n) is 7.36. The van der Waals surface area contributed by atoms with E-state index in [1.165, 1.54) is 12.1 Å². The summed E-state index contributed by atoms with van der Waals surface area (Å²) in [6.45, 7) is 6.11. The molecule has 3 heterocycles. The summed E-state index contributed by atoms with van der Waals surface area (Å²) in [5, 5.41) is 23.5. The molecule has 0 unspecified atom stereocenters. The van der Waals surface area contributed by atoms with Crippen LogP contribution in [0.1, 0.15) is 0 Å². The molecule has 36 heavy (non-hydrogen) atoms. The third kappa shape index (κ3) is 10.0. The van der Waals surface area contributed by atoms with E-state index in [1.807, 2.05) is 0 Å². The van der Waals surface area contributed by atoms with E-state index in [9.17, 15) is 15.2 Å². The van der Waals surface area contributed by atoms with Crippen molar-refractivity contribution in [1.82, 2.24) is 9.97 Å². The van der Waals surface area contributed by atoms with Gasteiger partial charge >= 0.3 is 29.6 Å². The number of non-ortho nitro benzene ring substituents is 1. The molecule has 12 heteroatoms. The number of benzene rings is 1. The Kier molecular flexibility index (Phi) is 14.4. The predicted octanol–water partition coefficient (Wildman–Crippen LogP) is -0.254. The van der Waals surface area contributed by atoms with Gasteiger partial charge in [-0.05, 0) is 35.4 Å². The zero-order valence-electron chi connectivity index (χ0n) is 20.4. The summed E-state index contributed by atoms with van der Waals surface area (Å²) in [7, 11) is 0. The minimum atomic E-state index is -0.502. The van der Waals surface area contributed by atoms with Crippen LogP contribution in [0.3, 0.4) is 0 Å². The fourth-order valence-electron chi connectivity index (χ4n) is 3.21. The van der Waals surface area contributed by atoms with Gasteiger partial charge in [0, 0.05) is 35.9 Å². The summed E-state index contributed by atoms with van der Waals surface area (Å²) in [5.74, 6) is -0.250. The summed E-state index contributed by atoms with van der Waals surface area (Å²) in [6.07, 6.45) is 3.34. The summed E-state index contributed by atoms with van der Waals surface area (Å²) < 4.78 is 26.4. The molecule has 1 aliphatic rings. The van der Waals surface area contributed by atoms with Crippen LogP contribution in [0.5, 0.6) is 5.75 Å². The number of ether oxygens (including phenoxy) is 5. The van der Waals surface area contributed by atoms with Crippen LogP contribution in [-0.2, 0) is 23.7 Å². The van der Waals surface area contributed by atoms with Crippen LogP contribution in [0, 0.1) is 10.1 Å². The molecule has 11 nitrogen and oxygen atoms in total. The van der Waals surface area contributed by atoms with Crippen LogP contribution in [0.4, 0.5) is 5.69 Å². The van der Waals surface area contributed by atoms with Crippen molar-refractivity contribution in [3.63, 3.8) is 0 Å². The Morgan fingerprint density at radius 1 is 0.667 bits per heavy atom. The minimum absolute atomic E-state index is 0. The van der Waals surface area contributed by atoms with Crippen molar-refractivity contribution in [3.8, 4) is 28.3 Å². The second-order valence-corrected chi connectivity index (χ2v) is 7.36. The van der Waals surface area contributed by atoms with E-state index >= 15 is 0 Å². The first-order valence-electron chi connectivity index (χ1n) is 11.3. The van der Waals surface area contributed by atoms with Gasteiger partial charge in [0.25, 0.3) is 5.69 Å². The molecule has 0 saturated carbocycles. The fraction of sp³-hybridized carbons (Fsp3) is 0.417. The molecule has 190 valence electrons. The number of H-pyrrole nitrogens is 2. The fourth-order valence-corrected chi connectivity index (χ4v) is 3.21. The Bertz CT molecular complexity index is 885. The third-order valence-electron chi connectivity index (χ3n) is 4.92. The van der Waals surface area contributed by atoms with E-state index in [2.05, 4.69) is 9.97 Å². The van der Waals surface area contributed by atoms with Gasteiger partial charge in [-0.1, -0.05) is 5.75 Å². The number of nitrogens with one attached hydrogen (secondary N) is 2. The average Bonchev–Trinajstić information content (AvgIpc) is 3.57. The van der Waals surface area contributed by atoms with Crippen LogP contribution < -0.4 is 34.7 Å². The van der Waals surface area contributed by atoms with E-state index in [4.69, 9.17) is 23.7 Å². The van der Waals surface area contributed by atoms with Crippen molar-refractivity contribution in [3.05, 3.63) is 58.9 Å². The molecule has 1 fully saturated rings. The summed E-state index contributed by atoms with van der Waals surface area (Å²) in [4.78, 5) is 16.3. The van der Waals surface area contributed by atoms with E-state index in [-0.39, 0.29) is 52.1 Å². The smallest absolute Gasteiger partial charge is 0.872 e. The van der Waals surface area contributed by atoms with Crippen LogP contribution >= 0.6 is 0 Å². The SMILES string of the molecule is C1COCCOCCOCCOCCO1.O=[N+]([O-])c1cc(-c2ccc[nH]2)c([O-])c(-c2ccc[nH]2)c1.[Na+]. The molecule has 0 amide bonds. The molecule has 1 aliphatic heterocycles. The first-order valence-corrected chi connectivity index (χ1v) is 11.3. The molecule has 0 bridgehead atoms. The molecule has 0 spiro atoms. The van der Waals surface area contributed by atoms with Crippen molar-refractivity contribution in [2.24, 2.45) is 0 Å². The number of aromatic nitrogens is 2. The molecule has 0 atom stereocenters. The van der Waals surface area contributed by atoms with Gasteiger partial charge in [0.15, 0.2) is 0 Å². The van der Waals surface area contributed by atoms with Crippen LogP contribution in [0.25, 0.3) is 22.5 Å². The van der Waals surface area contributed by atoms with Gasteiger partial charge in [0.2, 0.25) is 0 Å². The first-order chi connectivity index (χ1) is 17.2. The molecule has 2 aromatic heterocycles. The molecule has 0 aliphatic carbocycles. The number of nitro groups is 1. The maximum Gasteiger partial charge on any atom is 1.00 e. The quantitative estimate of drug-likeness (QED) is 0.278. The van der Waals surface area contributed by atoms with E-state index in [1.54, 1.807) is 36.7 Å². The van der Waals surface area contributed by atoms with Crippen LogP contribution in [0.15, 0.2) is 48.8 Å². The standard InChI is InChI=1S/C14H11N3O3.C10H20O5.Na/c18-14-10(12-3-1-5-15-12)7-9(17(19)20)8-11(14)13-4-2-6-16-13;1-2-12-5-6-14-9-10-15-8-7-13-4-3-11-1;/h1-8,15-16,18H;1-10H2;/q;;+1/p-1. The molecule has 0 radical (unpaired) electrons. The van der Waals surface area contributed by atoms with Crippen LogP contribution in [-0.4, -0.2) is 81.0 Å². The van der Waals surface area contributed by atoms with Gasteiger partial charge in [0.1, 0.15) is 0 Å². The van der Waals surface area contributed by atoms with Crippen molar-refractivity contribution >= 4 is 5.69 Å². The van der Waals surface area contributed by atoms with Gasteiger partial charge in [-0.25, -0.2) is 0 Å². The third-order valence-corrected chi connectivity index (χ3v) is 4.92. The van der Waals surface area contributed by atoms with Gasteiger partial charge in [-0.2, -0.15) is 0 Å². The molecule has 3 aromatic rings. The number of nitro benzene ring substituents is 1. The van der Waals surface area contributed by atoms with Crippen molar-refractivity contribution in [1.29, 1.82) is 0 Å². The average molecular weight is 512 g/mol. The summed E-state index contributed by atoms with van der Waals surface area (Å²) in [5.41, 5.74) is 1.58. The zero-order valence-corrected chi connectivity index (χ0v) is 22.4. The Labute approximate surface area is 231 Å². The molecular weight excluding hydrogens is 481 g/mol. The number of hydrogen-bond acceptors (Lipinski definition) is 8. The van der Waals surface area contributed by atoms with Gasteiger partial charge in [-0.3, -0.25) is 10.1 Å². The normalized spacial score (nSPS) is 15.9. The second kappa shape index (κ2) is 17.3. The van der Waals surface area contributed by atoms with Gasteiger partial charge in [-0.15, -0.1) is 0 Å². The molecule has 2 N–H and O–H groups in total. The monoisotopic (exact) mass is 511 g/mol. The number of aromatic amines is 2. The number of hydrogen-bond donors (Lipinski definition) is 2. The van der Waals surface area contributed by atoms with E-state index in [0.29, 0.717) is 77.5 Å². The largest absolute Gasteiger partial charge is 1.00 e. The Morgan fingerprint density at radius 2 is 1.00 bits per heavy atom. The van der Waals surface area contributed by atoms with Crippen molar-refractivity contribution < 1.29 is 63.3 Å². The van der Waals surface area contributed by atoms with Crippen LogP contribution in [0.2, 0.25) is 0 Å². The van der Waals surface area contributed by atoms with Crippen molar-refractivity contribution in [2.45, 2.75) is 0 Å². The Hall–Kier alpha value is -2.22. The summed E-state index contributed by atoms with van der Waals surface area (Å²) in [6, 6.07) is 9.48. The van der Waals surface area contributed by atoms with E-state index < -0.39 is 4.92 Å². The topological polar surface area (TPSA) is 144 Å². The summed E-state index contributed by atoms with van der Waals surface area (Å²) >= 11 is 0. The minimum Gasteiger partial charge on any atom is -0.872 e. The Morgan fingerprint density at radius 3 is 1.25 bits per heavy atom.